The minimum Gasteiger partial charge on any atom is -0.481 e. The number of carbonyl (C=O) groups is 2. The van der Waals surface area contributed by atoms with Crippen molar-refractivity contribution in [3.05, 3.63) is 11.1 Å². The van der Waals surface area contributed by atoms with Gasteiger partial charge >= 0.3 is 5.97 Å². The summed E-state index contributed by atoms with van der Waals surface area (Å²) in [5.74, 6) is 1.02. The summed E-state index contributed by atoms with van der Waals surface area (Å²) in [4.78, 5) is 22.9. The van der Waals surface area contributed by atoms with Gasteiger partial charge in [0.2, 0.25) is 0 Å². The van der Waals surface area contributed by atoms with Gasteiger partial charge in [-0.05, 0) is 67.8 Å². The lowest BCUT2D eigenvalue weighted by atomic mass is 9.54. The number of fused-ring (bicyclic) bond motifs is 1. The molecule has 0 aliphatic heterocycles. The maximum absolute atomic E-state index is 12.0. The molecule has 22 heavy (non-hydrogen) atoms. The van der Waals surface area contributed by atoms with Crippen LogP contribution < -0.4 is 0 Å². The molecular weight excluding hydrogens is 276 g/mol. The summed E-state index contributed by atoms with van der Waals surface area (Å²) < 4.78 is 0. The molecule has 0 aromatic rings. The predicted octanol–water partition coefficient (Wildman–Crippen LogP) is 4.61. The van der Waals surface area contributed by atoms with Crippen molar-refractivity contribution in [2.45, 2.75) is 72.6 Å². The van der Waals surface area contributed by atoms with Crippen LogP contribution in [0.4, 0.5) is 0 Å². The van der Waals surface area contributed by atoms with Crippen molar-refractivity contribution in [3.8, 4) is 0 Å². The fourth-order valence-corrected chi connectivity index (χ4v) is 4.59. The van der Waals surface area contributed by atoms with Crippen LogP contribution in [-0.4, -0.2) is 16.9 Å². The fourth-order valence-electron chi connectivity index (χ4n) is 4.59. The zero-order chi connectivity index (χ0) is 16.5. The maximum Gasteiger partial charge on any atom is 0.303 e. The van der Waals surface area contributed by atoms with Crippen LogP contribution in [0.25, 0.3) is 0 Å². The number of hydrogen-bond donors (Lipinski definition) is 1. The Bertz CT molecular complexity index is 491. The van der Waals surface area contributed by atoms with Crippen LogP contribution in [0.1, 0.15) is 72.6 Å². The van der Waals surface area contributed by atoms with E-state index in [9.17, 15) is 9.59 Å². The molecule has 4 atom stereocenters. The van der Waals surface area contributed by atoms with Crippen molar-refractivity contribution in [2.75, 3.05) is 0 Å². The first-order valence-electron chi connectivity index (χ1n) is 8.70. The third-order valence-electron chi connectivity index (χ3n) is 6.45. The van der Waals surface area contributed by atoms with Crippen LogP contribution in [0.2, 0.25) is 0 Å². The Balaban J connectivity index is 2.15. The van der Waals surface area contributed by atoms with Crippen molar-refractivity contribution >= 4 is 11.8 Å². The van der Waals surface area contributed by atoms with Crippen LogP contribution in [-0.2, 0) is 9.59 Å². The number of carboxylic acid groups (broad SMARTS) is 1. The van der Waals surface area contributed by atoms with E-state index in [4.69, 9.17) is 5.11 Å². The van der Waals surface area contributed by atoms with Gasteiger partial charge in [0.05, 0.1) is 0 Å². The van der Waals surface area contributed by atoms with Crippen molar-refractivity contribution in [1.82, 2.24) is 0 Å². The van der Waals surface area contributed by atoms with Crippen molar-refractivity contribution in [1.29, 1.82) is 0 Å². The van der Waals surface area contributed by atoms with Gasteiger partial charge in [0.25, 0.3) is 0 Å². The first-order valence-corrected chi connectivity index (χ1v) is 8.70. The normalized spacial score (nSPS) is 33.5. The fraction of sp³-hybridized carbons (Fsp3) is 0.789. The molecule has 124 valence electrons. The molecule has 1 fully saturated rings. The molecule has 0 radical (unpaired) electrons. The summed E-state index contributed by atoms with van der Waals surface area (Å²) in [6.45, 7) is 8.76. The number of aliphatic carboxylic acids is 1. The van der Waals surface area contributed by atoms with E-state index in [1.165, 1.54) is 5.57 Å². The van der Waals surface area contributed by atoms with Gasteiger partial charge in [-0.25, -0.2) is 0 Å². The van der Waals surface area contributed by atoms with Gasteiger partial charge in [-0.1, -0.05) is 26.3 Å². The number of allylic oxidation sites excluding steroid dienone is 2. The second kappa shape index (κ2) is 6.55. The molecule has 0 unspecified atom stereocenters. The lowest BCUT2D eigenvalue weighted by Gasteiger charge is -2.50. The molecule has 1 saturated carbocycles. The van der Waals surface area contributed by atoms with Crippen molar-refractivity contribution in [2.24, 2.45) is 23.2 Å². The Morgan fingerprint density at radius 2 is 2.05 bits per heavy atom. The lowest BCUT2D eigenvalue weighted by Crippen LogP contribution is -2.42. The molecule has 0 aromatic heterocycles. The lowest BCUT2D eigenvalue weighted by molar-refractivity contribution is -0.138. The Morgan fingerprint density at radius 1 is 1.36 bits per heavy atom. The Morgan fingerprint density at radius 3 is 2.68 bits per heavy atom. The molecule has 3 nitrogen and oxygen atoms in total. The second-order valence-electron chi connectivity index (χ2n) is 7.85. The van der Waals surface area contributed by atoms with Crippen LogP contribution in [0.3, 0.4) is 0 Å². The number of carboxylic acids is 1. The molecule has 1 N–H and O–H groups in total. The monoisotopic (exact) mass is 306 g/mol. The SMILES string of the molecule is CC1=C2CC[C@@H](C)[C@](C)(CC[C@@H](C)CC(=O)O)[C@H]2CCC1=O. The smallest absolute Gasteiger partial charge is 0.303 e. The third-order valence-corrected chi connectivity index (χ3v) is 6.45. The van der Waals surface area contributed by atoms with Crippen molar-refractivity contribution < 1.29 is 14.7 Å². The van der Waals surface area contributed by atoms with Gasteiger partial charge in [-0.15, -0.1) is 0 Å². The van der Waals surface area contributed by atoms with E-state index in [1.807, 2.05) is 13.8 Å². The Labute approximate surface area is 134 Å². The van der Waals surface area contributed by atoms with E-state index in [0.717, 1.165) is 37.7 Å². The molecule has 0 spiro atoms. The van der Waals surface area contributed by atoms with E-state index in [1.54, 1.807) is 0 Å². The highest BCUT2D eigenvalue weighted by Crippen LogP contribution is 2.55. The number of Topliss-reactive ketones (excluding diaryl/α,β-unsaturated/α-hetero) is 1. The highest BCUT2D eigenvalue weighted by Gasteiger charge is 2.46. The van der Waals surface area contributed by atoms with Gasteiger partial charge in [0, 0.05) is 12.8 Å². The second-order valence-corrected chi connectivity index (χ2v) is 7.85. The molecule has 2 aliphatic rings. The maximum atomic E-state index is 12.0. The Hall–Kier alpha value is -1.12. The molecule has 0 heterocycles. The minimum atomic E-state index is -0.700. The average molecular weight is 306 g/mol. The average Bonchev–Trinajstić information content (AvgIpc) is 2.44. The largest absolute Gasteiger partial charge is 0.481 e. The predicted molar refractivity (Wildman–Crippen MR) is 87.6 cm³/mol. The molecular formula is C19H30O3. The standard InChI is InChI=1S/C19H30O3/c1-12(11-18(21)22)9-10-19(4)13(2)5-6-15-14(3)17(20)8-7-16(15)19/h12-13,16H,5-11H2,1-4H3,(H,21,22)/t12-,13-,16+,19+/m1/s1. The minimum absolute atomic E-state index is 0.211. The molecule has 0 saturated heterocycles. The molecule has 2 rings (SSSR count). The first-order chi connectivity index (χ1) is 10.3. The number of ketones is 1. The van der Waals surface area contributed by atoms with Crippen LogP contribution in [0.15, 0.2) is 11.1 Å². The van der Waals surface area contributed by atoms with E-state index in [0.29, 0.717) is 24.0 Å². The summed E-state index contributed by atoms with van der Waals surface area (Å²) in [6.07, 6.45) is 6.19. The molecule has 0 amide bonds. The van der Waals surface area contributed by atoms with Gasteiger partial charge < -0.3 is 5.11 Å². The number of hydrogen-bond acceptors (Lipinski definition) is 2. The molecule has 2 aliphatic carbocycles. The summed E-state index contributed by atoms with van der Waals surface area (Å²) in [5.41, 5.74) is 2.64. The van der Waals surface area contributed by atoms with Gasteiger partial charge in [-0.2, -0.15) is 0 Å². The van der Waals surface area contributed by atoms with Crippen LogP contribution >= 0.6 is 0 Å². The van der Waals surface area contributed by atoms with Gasteiger partial charge in [-0.3, -0.25) is 9.59 Å². The van der Waals surface area contributed by atoms with Crippen LogP contribution in [0, 0.1) is 23.2 Å². The highest BCUT2D eigenvalue weighted by molar-refractivity contribution is 5.96. The summed E-state index contributed by atoms with van der Waals surface area (Å²) in [7, 11) is 0. The zero-order valence-electron chi connectivity index (χ0n) is 14.4. The summed E-state index contributed by atoms with van der Waals surface area (Å²) >= 11 is 0. The van der Waals surface area contributed by atoms with Crippen molar-refractivity contribution in [3.63, 3.8) is 0 Å². The third kappa shape index (κ3) is 3.28. The molecule has 3 heteroatoms. The molecule has 0 aromatic carbocycles. The quantitative estimate of drug-likeness (QED) is 0.807. The van der Waals surface area contributed by atoms with E-state index >= 15 is 0 Å². The zero-order valence-corrected chi connectivity index (χ0v) is 14.4. The topological polar surface area (TPSA) is 54.4 Å². The van der Waals surface area contributed by atoms with Crippen LogP contribution in [0.5, 0.6) is 0 Å². The first kappa shape index (κ1) is 17.2. The van der Waals surface area contributed by atoms with Gasteiger partial charge in [0.15, 0.2) is 5.78 Å². The highest BCUT2D eigenvalue weighted by atomic mass is 16.4. The van der Waals surface area contributed by atoms with E-state index in [-0.39, 0.29) is 17.8 Å². The number of carbonyl (C=O) groups excluding carboxylic acids is 1. The van der Waals surface area contributed by atoms with E-state index in [2.05, 4.69) is 13.8 Å². The molecule has 0 bridgehead atoms. The summed E-state index contributed by atoms with van der Waals surface area (Å²) in [6, 6.07) is 0. The number of rotatable bonds is 5. The van der Waals surface area contributed by atoms with Gasteiger partial charge in [0.1, 0.15) is 0 Å². The van der Waals surface area contributed by atoms with E-state index < -0.39 is 5.97 Å². The summed E-state index contributed by atoms with van der Waals surface area (Å²) in [5, 5.41) is 8.94. The Kier molecular flexibility index (Phi) is 5.14.